The average Bonchev–Trinajstić information content (AvgIpc) is 2.82. The van der Waals surface area contributed by atoms with Gasteiger partial charge in [0.1, 0.15) is 5.82 Å². The molecule has 2 heterocycles. The van der Waals surface area contributed by atoms with Crippen LogP contribution in [0.25, 0.3) is 0 Å². The van der Waals surface area contributed by atoms with E-state index >= 15 is 0 Å². The van der Waals surface area contributed by atoms with Gasteiger partial charge in [0, 0.05) is 15.5 Å². The predicted octanol–water partition coefficient (Wildman–Crippen LogP) is 5.00. The molecule has 1 atom stereocenters. The van der Waals surface area contributed by atoms with Crippen LogP contribution in [-0.4, -0.2) is 5.75 Å². The highest BCUT2D eigenvalue weighted by atomic mass is 35.5. The molecule has 1 unspecified atom stereocenters. The molecule has 0 fully saturated rings. The number of benzene rings is 1. The molecule has 1 aliphatic heterocycles. The molecule has 94 valence electrons. The van der Waals surface area contributed by atoms with Crippen LogP contribution in [-0.2, 0) is 12.2 Å². The number of hydrogen-bond acceptors (Lipinski definition) is 2. The quantitative estimate of drug-likeness (QED) is 0.703. The molecule has 0 N–H and O–H groups in total. The molecule has 3 rings (SSSR count). The second kappa shape index (κ2) is 5.24. The van der Waals surface area contributed by atoms with Crippen molar-refractivity contribution >= 4 is 34.7 Å². The molecule has 2 aromatic rings. The Morgan fingerprint density at radius 3 is 2.72 bits per heavy atom. The Morgan fingerprint density at radius 1 is 1.22 bits per heavy atom. The Morgan fingerprint density at radius 2 is 2.00 bits per heavy atom. The summed E-state index contributed by atoms with van der Waals surface area (Å²) < 4.78 is 12.9. The average molecular weight is 299 g/mol. The third-order valence-electron chi connectivity index (χ3n) is 3.06. The number of hydrogen-bond donors (Lipinski definition) is 0. The van der Waals surface area contributed by atoms with Crippen LogP contribution in [0.2, 0.25) is 0 Å². The summed E-state index contributed by atoms with van der Waals surface area (Å²) in [5.41, 5.74) is 2.39. The van der Waals surface area contributed by atoms with Gasteiger partial charge in [-0.15, -0.1) is 22.9 Å². The minimum absolute atomic E-state index is 0.161. The standard InChI is InChI=1S/C14H12ClFS2/c15-14(9-1-3-11(16)4-2-9)13-7-10-8-17-6-5-12(10)18-13/h1-4,7,14H,5-6,8H2. The summed E-state index contributed by atoms with van der Waals surface area (Å²) in [4.78, 5) is 2.65. The number of alkyl halides is 1. The molecule has 18 heavy (non-hydrogen) atoms. The van der Waals surface area contributed by atoms with Crippen molar-refractivity contribution in [1.29, 1.82) is 0 Å². The molecule has 0 radical (unpaired) electrons. The van der Waals surface area contributed by atoms with Crippen LogP contribution in [0.1, 0.15) is 26.3 Å². The van der Waals surface area contributed by atoms with Crippen molar-refractivity contribution in [3.05, 3.63) is 57.0 Å². The number of rotatable bonds is 2. The van der Waals surface area contributed by atoms with Crippen LogP contribution < -0.4 is 0 Å². The molecule has 0 nitrogen and oxygen atoms in total. The highest BCUT2D eigenvalue weighted by Crippen LogP contribution is 2.39. The largest absolute Gasteiger partial charge is 0.207 e. The van der Waals surface area contributed by atoms with Crippen molar-refractivity contribution in [2.24, 2.45) is 0 Å². The lowest BCUT2D eigenvalue weighted by Gasteiger charge is -2.08. The van der Waals surface area contributed by atoms with Crippen molar-refractivity contribution in [3.63, 3.8) is 0 Å². The first-order chi connectivity index (χ1) is 8.74. The van der Waals surface area contributed by atoms with Crippen molar-refractivity contribution in [2.75, 3.05) is 5.75 Å². The van der Waals surface area contributed by atoms with Gasteiger partial charge in [-0.25, -0.2) is 4.39 Å². The summed E-state index contributed by atoms with van der Waals surface area (Å²) in [5.74, 6) is 2.08. The fourth-order valence-electron chi connectivity index (χ4n) is 2.09. The molecular formula is C14H12ClFS2. The van der Waals surface area contributed by atoms with E-state index in [1.165, 1.54) is 33.2 Å². The molecule has 0 saturated carbocycles. The van der Waals surface area contributed by atoms with Crippen LogP contribution in [0, 0.1) is 5.82 Å². The summed E-state index contributed by atoms with van der Waals surface area (Å²) in [6.45, 7) is 0. The maximum atomic E-state index is 12.9. The van der Waals surface area contributed by atoms with Gasteiger partial charge in [-0.3, -0.25) is 0 Å². The minimum Gasteiger partial charge on any atom is -0.207 e. The van der Waals surface area contributed by atoms with Gasteiger partial charge in [-0.1, -0.05) is 12.1 Å². The van der Waals surface area contributed by atoms with Crippen molar-refractivity contribution in [3.8, 4) is 0 Å². The zero-order valence-corrected chi connectivity index (χ0v) is 12.0. The summed E-state index contributed by atoms with van der Waals surface area (Å²) in [6.07, 6.45) is 1.15. The number of thioether (sulfide) groups is 1. The second-order valence-corrected chi connectivity index (χ2v) is 7.02. The zero-order valence-electron chi connectivity index (χ0n) is 9.66. The van der Waals surface area contributed by atoms with E-state index < -0.39 is 0 Å². The second-order valence-electron chi connectivity index (χ2n) is 4.31. The maximum absolute atomic E-state index is 12.9. The Bertz CT molecular complexity index is 524. The maximum Gasteiger partial charge on any atom is 0.123 e. The summed E-state index contributed by atoms with van der Waals surface area (Å²) in [6, 6.07) is 8.68. The molecule has 0 bridgehead atoms. The molecule has 1 aromatic carbocycles. The third kappa shape index (κ3) is 2.44. The highest BCUT2D eigenvalue weighted by molar-refractivity contribution is 7.98. The summed E-state index contributed by atoms with van der Waals surface area (Å²) >= 11 is 10.3. The summed E-state index contributed by atoms with van der Waals surface area (Å²) in [7, 11) is 0. The Balaban J connectivity index is 1.89. The van der Waals surface area contributed by atoms with Crippen molar-refractivity contribution in [2.45, 2.75) is 17.6 Å². The molecule has 0 saturated heterocycles. The van der Waals surface area contributed by atoms with E-state index in [4.69, 9.17) is 11.6 Å². The molecule has 1 aliphatic rings. The van der Waals surface area contributed by atoms with Crippen LogP contribution >= 0.6 is 34.7 Å². The normalized spacial score (nSPS) is 16.3. The van der Waals surface area contributed by atoms with E-state index in [-0.39, 0.29) is 11.2 Å². The van der Waals surface area contributed by atoms with Crippen LogP contribution in [0.4, 0.5) is 4.39 Å². The van der Waals surface area contributed by atoms with Crippen LogP contribution in [0.3, 0.4) is 0 Å². The zero-order chi connectivity index (χ0) is 12.5. The fraction of sp³-hybridized carbons (Fsp3) is 0.286. The third-order valence-corrected chi connectivity index (χ3v) is 5.99. The van der Waals surface area contributed by atoms with E-state index in [0.717, 1.165) is 17.7 Å². The number of halogens is 2. The number of thiophene rings is 1. The number of fused-ring (bicyclic) bond motifs is 1. The lowest BCUT2D eigenvalue weighted by atomic mass is 10.1. The first-order valence-corrected chi connectivity index (χ1v) is 8.23. The monoisotopic (exact) mass is 298 g/mol. The van der Waals surface area contributed by atoms with Gasteiger partial charge in [0.15, 0.2) is 0 Å². The first kappa shape index (κ1) is 12.5. The van der Waals surface area contributed by atoms with Gasteiger partial charge in [-0.05, 0) is 41.5 Å². The van der Waals surface area contributed by atoms with E-state index in [2.05, 4.69) is 6.07 Å². The molecule has 0 amide bonds. The van der Waals surface area contributed by atoms with Gasteiger partial charge in [0.2, 0.25) is 0 Å². The van der Waals surface area contributed by atoms with Crippen molar-refractivity contribution in [1.82, 2.24) is 0 Å². The molecular weight excluding hydrogens is 287 g/mol. The topological polar surface area (TPSA) is 0 Å². The lowest BCUT2D eigenvalue weighted by Crippen LogP contribution is -1.96. The van der Waals surface area contributed by atoms with E-state index in [1.54, 1.807) is 23.5 Å². The molecule has 4 heteroatoms. The Labute approximate surface area is 119 Å². The molecule has 1 aromatic heterocycles. The van der Waals surface area contributed by atoms with E-state index in [9.17, 15) is 4.39 Å². The minimum atomic E-state index is -0.218. The molecule has 0 aliphatic carbocycles. The summed E-state index contributed by atoms with van der Waals surface area (Å²) in [5, 5.41) is -0.161. The van der Waals surface area contributed by atoms with E-state index in [0.29, 0.717) is 0 Å². The Kier molecular flexibility index (Phi) is 3.64. The molecule has 0 spiro atoms. The van der Waals surface area contributed by atoms with Crippen LogP contribution in [0.5, 0.6) is 0 Å². The highest BCUT2D eigenvalue weighted by Gasteiger charge is 2.19. The van der Waals surface area contributed by atoms with Crippen molar-refractivity contribution < 1.29 is 4.39 Å². The van der Waals surface area contributed by atoms with Gasteiger partial charge in [0.05, 0.1) is 5.38 Å². The van der Waals surface area contributed by atoms with Gasteiger partial charge in [-0.2, -0.15) is 11.8 Å². The number of aryl methyl sites for hydroxylation is 1. The predicted molar refractivity (Wildman–Crippen MR) is 78.3 cm³/mol. The fourth-order valence-corrected chi connectivity index (χ4v) is 4.82. The smallest absolute Gasteiger partial charge is 0.123 e. The Hall–Kier alpha value is -0.510. The van der Waals surface area contributed by atoms with Gasteiger partial charge in [0.25, 0.3) is 0 Å². The van der Waals surface area contributed by atoms with Gasteiger partial charge >= 0.3 is 0 Å². The first-order valence-electron chi connectivity index (χ1n) is 5.83. The van der Waals surface area contributed by atoms with E-state index in [1.807, 2.05) is 11.8 Å². The SMILES string of the molecule is Fc1ccc(C(Cl)c2cc3c(s2)CCSC3)cc1. The lowest BCUT2D eigenvalue weighted by molar-refractivity contribution is 0.627. The van der Waals surface area contributed by atoms with Gasteiger partial charge < -0.3 is 0 Å². The van der Waals surface area contributed by atoms with Crippen LogP contribution in [0.15, 0.2) is 30.3 Å².